The maximum absolute atomic E-state index is 12.8. The molecule has 0 aliphatic carbocycles. The Morgan fingerprint density at radius 3 is 2.76 bits per heavy atom. The summed E-state index contributed by atoms with van der Waals surface area (Å²) >= 11 is 0. The molecule has 2 aliphatic heterocycles. The van der Waals surface area contributed by atoms with Crippen LogP contribution in [-0.4, -0.2) is 66.3 Å². The quantitative estimate of drug-likeness (QED) is 0.600. The predicted molar refractivity (Wildman–Crippen MR) is 92.4 cm³/mol. The molecule has 0 saturated carbocycles. The predicted octanol–water partition coefficient (Wildman–Crippen LogP) is 1.04. The van der Waals surface area contributed by atoms with Crippen molar-refractivity contribution >= 4 is 23.2 Å². The fraction of sp³-hybridized carbons (Fsp3) is 0.529. The van der Waals surface area contributed by atoms with Gasteiger partial charge in [-0.05, 0) is 31.4 Å². The molecule has 1 fully saturated rings. The van der Waals surface area contributed by atoms with Crippen LogP contribution in [0.5, 0.6) is 0 Å². The van der Waals surface area contributed by atoms with Crippen LogP contribution in [-0.2, 0) is 16.0 Å². The number of hydrogen-bond acceptors (Lipinski definition) is 5. The number of nitrogens with zero attached hydrogens (tertiary/aromatic N) is 4. The topological polar surface area (TPSA) is 87.0 Å². The highest BCUT2D eigenvalue weighted by Crippen LogP contribution is 2.32. The lowest BCUT2D eigenvalue weighted by molar-refractivity contribution is -0.384. The molecule has 0 aromatic heterocycles. The van der Waals surface area contributed by atoms with Gasteiger partial charge in [0.05, 0.1) is 23.2 Å². The van der Waals surface area contributed by atoms with Crippen LogP contribution in [0.15, 0.2) is 18.2 Å². The number of rotatable bonds is 4. The number of fused-ring (bicyclic) bond motifs is 1. The maximum atomic E-state index is 12.8. The fourth-order valence-electron chi connectivity index (χ4n) is 3.59. The summed E-state index contributed by atoms with van der Waals surface area (Å²) < 4.78 is 0. The van der Waals surface area contributed by atoms with E-state index < -0.39 is 4.92 Å². The Kier molecular flexibility index (Phi) is 4.71. The lowest BCUT2D eigenvalue weighted by atomic mass is 10.1. The Morgan fingerprint density at radius 2 is 2.08 bits per heavy atom. The highest BCUT2D eigenvalue weighted by Gasteiger charge is 2.35. The van der Waals surface area contributed by atoms with Gasteiger partial charge in [-0.25, -0.2) is 0 Å². The summed E-state index contributed by atoms with van der Waals surface area (Å²) in [5.41, 5.74) is 1.55. The van der Waals surface area contributed by atoms with E-state index in [9.17, 15) is 19.7 Å². The van der Waals surface area contributed by atoms with Crippen molar-refractivity contribution in [3.63, 3.8) is 0 Å². The van der Waals surface area contributed by atoms with Crippen molar-refractivity contribution in [1.82, 2.24) is 9.80 Å². The summed E-state index contributed by atoms with van der Waals surface area (Å²) in [6.45, 7) is 1.40. The number of amides is 2. The highest BCUT2D eigenvalue weighted by molar-refractivity contribution is 5.97. The lowest BCUT2D eigenvalue weighted by Gasteiger charge is -2.27. The SMILES string of the molecule is CN(C)C(=O)C1CCCN1CC(=O)N1CCc2ccc([N+](=O)[O-])cc21. The van der Waals surface area contributed by atoms with E-state index in [1.807, 2.05) is 4.90 Å². The van der Waals surface area contributed by atoms with Gasteiger partial charge in [-0.15, -0.1) is 0 Å². The maximum Gasteiger partial charge on any atom is 0.271 e. The average Bonchev–Trinajstić information content (AvgIpc) is 3.19. The zero-order valence-corrected chi connectivity index (χ0v) is 14.5. The fourth-order valence-corrected chi connectivity index (χ4v) is 3.59. The van der Waals surface area contributed by atoms with Gasteiger partial charge in [0.25, 0.3) is 5.69 Å². The first-order chi connectivity index (χ1) is 11.9. The Bertz CT molecular complexity index is 719. The first-order valence-corrected chi connectivity index (χ1v) is 8.41. The van der Waals surface area contributed by atoms with Gasteiger partial charge in [-0.1, -0.05) is 6.07 Å². The van der Waals surface area contributed by atoms with Crippen molar-refractivity contribution in [3.05, 3.63) is 33.9 Å². The lowest BCUT2D eigenvalue weighted by Crippen LogP contribution is -2.47. The molecule has 0 bridgehead atoms. The van der Waals surface area contributed by atoms with Gasteiger partial charge in [0, 0.05) is 32.8 Å². The number of benzene rings is 1. The number of likely N-dealkylation sites (N-methyl/N-ethyl adjacent to an activating group) is 1. The first kappa shape index (κ1) is 17.3. The number of carbonyl (C=O) groups is 2. The molecule has 8 nitrogen and oxygen atoms in total. The van der Waals surface area contributed by atoms with Crippen LogP contribution < -0.4 is 4.90 Å². The van der Waals surface area contributed by atoms with Crippen LogP contribution >= 0.6 is 0 Å². The number of anilines is 1. The smallest absolute Gasteiger partial charge is 0.271 e. The molecule has 3 rings (SSSR count). The van der Waals surface area contributed by atoms with E-state index in [0.717, 1.165) is 18.4 Å². The zero-order valence-electron chi connectivity index (χ0n) is 14.5. The normalized spacial score (nSPS) is 19.8. The van der Waals surface area contributed by atoms with Gasteiger partial charge < -0.3 is 9.80 Å². The molecule has 134 valence electrons. The van der Waals surface area contributed by atoms with Gasteiger partial charge in [0.1, 0.15) is 0 Å². The number of likely N-dealkylation sites (tertiary alicyclic amines) is 1. The molecule has 0 N–H and O–H groups in total. The van der Waals surface area contributed by atoms with Gasteiger partial charge in [-0.3, -0.25) is 24.6 Å². The minimum Gasteiger partial charge on any atom is -0.347 e. The molecular weight excluding hydrogens is 324 g/mol. The molecule has 1 saturated heterocycles. The minimum atomic E-state index is -0.451. The monoisotopic (exact) mass is 346 g/mol. The summed E-state index contributed by atoms with van der Waals surface area (Å²) in [6, 6.07) is 4.40. The van der Waals surface area contributed by atoms with E-state index in [1.165, 1.54) is 12.1 Å². The Hall–Kier alpha value is -2.48. The number of non-ortho nitro benzene ring substituents is 1. The number of hydrogen-bond donors (Lipinski definition) is 0. The third-order valence-electron chi connectivity index (χ3n) is 4.90. The molecule has 0 radical (unpaired) electrons. The summed E-state index contributed by atoms with van der Waals surface area (Å²) in [6.07, 6.45) is 2.34. The van der Waals surface area contributed by atoms with Gasteiger partial charge in [0.2, 0.25) is 11.8 Å². The van der Waals surface area contributed by atoms with Crippen LogP contribution in [0.4, 0.5) is 11.4 Å². The molecule has 2 amide bonds. The largest absolute Gasteiger partial charge is 0.347 e. The van der Waals surface area contributed by atoms with E-state index in [4.69, 9.17) is 0 Å². The second kappa shape index (κ2) is 6.79. The van der Waals surface area contributed by atoms with Crippen LogP contribution in [0.1, 0.15) is 18.4 Å². The number of nitro benzene ring substituents is 1. The summed E-state index contributed by atoms with van der Waals surface area (Å²) in [4.78, 5) is 40.7. The van der Waals surface area contributed by atoms with Crippen LogP contribution in [0.25, 0.3) is 0 Å². The third kappa shape index (κ3) is 3.34. The summed E-state index contributed by atoms with van der Waals surface area (Å²) in [5.74, 6) is -0.0968. The van der Waals surface area contributed by atoms with Crippen LogP contribution in [0, 0.1) is 10.1 Å². The van der Waals surface area contributed by atoms with Crippen molar-refractivity contribution in [1.29, 1.82) is 0 Å². The molecule has 1 atom stereocenters. The molecule has 0 spiro atoms. The van der Waals surface area contributed by atoms with E-state index in [0.29, 0.717) is 25.2 Å². The number of carbonyl (C=O) groups excluding carboxylic acids is 2. The molecule has 2 aliphatic rings. The van der Waals surface area contributed by atoms with E-state index >= 15 is 0 Å². The first-order valence-electron chi connectivity index (χ1n) is 8.41. The van der Waals surface area contributed by atoms with Crippen molar-refractivity contribution in [2.75, 3.05) is 38.6 Å². The second-order valence-electron chi connectivity index (χ2n) is 6.73. The standard InChI is InChI=1S/C17H22N4O4/c1-18(2)17(23)14-4-3-8-19(14)11-16(22)20-9-7-12-5-6-13(21(24)25)10-15(12)20/h5-6,10,14H,3-4,7-9,11H2,1-2H3. The van der Waals surface area contributed by atoms with Crippen LogP contribution in [0.3, 0.4) is 0 Å². The summed E-state index contributed by atoms with van der Waals surface area (Å²) in [7, 11) is 3.44. The third-order valence-corrected chi connectivity index (χ3v) is 4.90. The van der Waals surface area contributed by atoms with E-state index in [-0.39, 0.29) is 30.1 Å². The minimum absolute atomic E-state index is 0.0136. The highest BCUT2D eigenvalue weighted by atomic mass is 16.6. The molecule has 1 aromatic carbocycles. The van der Waals surface area contributed by atoms with Crippen LogP contribution in [0.2, 0.25) is 0 Å². The van der Waals surface area contributed by atoms with Crippen molar-refractivity contribution in [2.24, 2.45) is 0 Å². The molecule has 8 heteroatoms. The summed E-state index contributed by atoms with van der Waals surface area (Å²) in [5, 5.41) is 11.0. The Labute approximate surface area is 146 Å². The molecule has 2 heterocycles. The molecule has 25 heavy (non-hydrogen) atoms. The Morgan fingerprint density at radius 1 is 1.32 bits per heavy atom. The molecular formula is C17H22N4O4. The number of nitro groups is 1. The molecule has 1 unspecified atom stereocenters. The van der Waals surface area contributed by atoms with Crippen molar-refractivity contribution in [2.45, 2.75) is 25.3 Å². The Balaban J connectivity index is 1.74. The zero-order chi connectivity index (χ0) is 18.1. The van der Waals surface area contributed by atoms with Gasteiger partial charge >= 0.3 is 0 Å². The van der Waals surface area contributed by atoms with E-state index in [2.05, 4.69) is 0 Å². The van der Waals surface area contributed by atoms with Gasteiger partial charge in [0.15, 0.2) is 0 Å². The molecule has 1 aromatic rings. The van der Waals surface area contributed by atoms with E-state index in [1.54, 1.807) is 30.0 Å². The second-order valence-corrected chi connectivity index (χ2v) is 6.73. The van der Waals surface area contributed by atoms with Gasteiger partial charge in [-0.2, -0.15) is 0 Å². The van der Waals surface area contributed by atoms with Crippen molar-refractivity contribution in [3.8, 4) is 0 Å². The van der Waals surface area contributed by atoms with Crippen molar-refractivity contribution < 1.29 is 14.5 Å². The average molecular weight is 346 g/mol.